The maximum Gasteiger partial charge on any atom is 0.272 e. The van der Waals surface area contributed by atoms with E-state index < -0.39 is 0 Å². The van der Waals surface area contributed by atoms with E-state index in [1.54, 1.807) is 14.2 Å². The Hall–Kier alpha value is -2.45. The lowest BCUT2D eigenvalue weighted by molar-refractivity contribution is 0.0942. The Balaban J connectivity index is 0.00000240. The van der Waals surface area contributed by atoms with Crippen LogP contribution in [-0.2, 0) is 13.0 Å². The van der Waals surface area contributed by atoms with Crippen molar-refractivity contribution in [3.05, 3.63) is 35.2 Å². The zero-order valence-electron chi connectivity index (χ0n) is 16.8. The van der Waals surface area contributed by atoms with Crippen LogP contribution in [0.15, 0.2) is 18.2 Å². The van der Waals surface area contributed by atoms with Crippen LogP contribution in [0.3, 0.4) is 0 Å². The number of amides is 1. The zero-order valence-corrected chi connectivity index (χ0v) is 17.6. The van der Waals surface area contributed by atoms with Gasteiger partial charge in [-0.05, 0) is 12.3 Å². The standard InChI is InChI=1S/C20H27N5O3.ClH/c1-27-15-7-14(8-16(9-15)28-2)25-6-4-13(12-25)10-22-20(26)19-17-11-21-5-3-18(17)23-24-19;/h7-9,13,21H,3-6,10-12H2,1-2H3,(H,22,26)(H,23,24);1H. The molecule has 1 aromatic carbocycles. The number of ether oxygens (including phenoxy) is 2. The van der Waals surface area contributed by atoms with Crippen molar-refractivity contribution in [1.29, 1.82) is 0 Å². The molecule has 8 nitrogen and oxygen atoms in total. The Morgan fingerprint density at radius 2 is 2.03 bits per heavy atom. The summed E-state index contributed by atoms with van der Waals surface area (Å²) in [6.45, 7) is 4.09. The van der Waals surface area contributed by atoms with Crippen molar-refractivity contribution < 1.29 is 14.3 Å². The number of H-pyrrole nitrogens is 1. The summed E-state index contributed by atoms with van der Waals surface area (Å²) in [4.78, 5) is 14.9. The van der Waals surface area contributed by atoms with Gasteiger partial charge in [0.15, 0.2) is 5.69 Å². The van der Waals surface area contributed by atoms with Gasteiger partial charge in [-0.25, -0.2) is 0 Å². The van der Waals surface area contributed by atoms with Crippen molar-refractivity contribution in [3.63, 3.8) is 0 Å². The van der Waals surface area contributed by atoms with Gasteiger partial charge in [0.1, 0.15) is 11.5 Å². The first kappa shape index (κ1) is 21.3. The van der Waals surface area contributed by atoms with E-state index in [0.29, 0.717) is 24.7 Å². The number of aromatic nitrogens is 2. The smallest absolute Gasteiger partial charge is 0.272 e. The van der Waals surface area contributed by atoms with E-state index in [0.717, 1.165) is 60.9 Å². The Morgan fingerprint density at radius 1 is 1.28 bits per heavy atom. The highest BCUT2D eigenvalue weighted by Crippen LogP contribution is 2.31. The number of hydrogen-bond acceptors (Lipinski definition) is 6. The fourth-order valence-electron chi connectivity index (χ4n) is 3.94. The maximum atomic E-state index is 12.6. The topological polar surface area (TPSA) is 91.5 Å². The highest BCUT2D eigenvalue weighted by molar-refractivity contribution is 5.94. The highest BCUT2D eigenvalue weighted by Gasteiger charge is 2.26. The molecule has 1 unspecified atom stereocenters. The summed E-state index contributed by atoms with van der Waals surface area (Å²) in [5, 5.41) is 13.6. The third-order valence-electron chi connectivity index (χ3n) is 5.56. The Kier molecular flexibility index (Phi) is 6.87. The van der Waals surface area contributed by atoms with E-state index in [9.17, 15) is 4.79 Å². The molecule has 3 N–H and O–H groups in total. The second-order valence-corrected chi connectivity index (χ2v) is 7.34. The van der Waals surface area contributed by atoms with Gasteiger partial charge in [-0.1, -0.05) is 0 Å². The van der Waals surface area contributed by atoms with Gasteiger partial charge < -0.3 is 25.0 Å². The van der Waals surface area contributed by atoms with Gasteiger partial charge in [0.25, 0.3) is 5.91 Å². The Morgan fingerprint density at radius 3 is 2.76 bits per heavy atom. The van der Waals surface area contributed by atoms with Gasteiger partial charge in [-0.15, -0.1) is 12.4 Å². The summed E-state index contributed by atoms with van der Waals surface area (Å²) < 4.78 is 10.7. The summed E-state index contributed by atoms with van der Waals surface area (Å²) in [6, 6.07) is 5.91. The summed E-state index contributed by atoms with van der Waals surface area (Å²) in [6.07, 6.45) is 1.91. The summed E-state index contributed by atoms with van der Waals surface area (Å²) in [5.41, 5.74) is 3.68. The molecule has 0 saturated carbocycles. The molecule has 0 spiro atoms. The number of rotatable bonds is 6. The molecule has 158 valence electrons. The molecule has 0 bridgehead atoms. The van der Waals surface area contributed by atoms with Crippen molar-refractivity contribution >= 4 is 24.0 Å². The lowest BCUT2D eigenvalue weighted by atomic mass is 10.1. The van der Waals surface area contributed by atoms with Gasteiger partial charge in [-0.2, -0.15) is 5.10 Å². The van der Waals surface area contributed by atoms with E-state index in [2.05, 4.69) is 25.7 Å². The number of carbonyl (C=O) groups excluding carboxylic acids is 1. The fourth-order valence-corrected chi connectivity index (χ4v) is 3.94. The molecule has 29 heavy (non-hydrogen) atoms. The van der Waals surface area contributed by atoms with Crippen molar-refractivity contribution in [1.82, 2.24) is 20.8 Å². The first-order valence-electron chi connectivity index (χ1n) is 9.71. The van der Waals surface area contributed by atoms with Crippen LogP contribution < -0.4 is 25.0 Å². The molecule has 2 aliphatic rings. The van der Waals surface area contributed by atoms with E-state index in [-0.39, 0.29) is 18.3 Å². The van der Waals surface area contributed by atoms with Crippen molar-refractivity contribution in [2.45, 2.75) is 19.4 Å². The summed E-state index contributed by atoms with van der Waals surface area (Å²) >= 11 is 0. The van der Waals surface area contributed by atoms with Gasteiger partial charge in [0, 0.05) is 74.3 Å². The number of anilines is 1. The predicted molar refractivity (Wildman–Crippen MR) is 113 cm³/mol. The minimum absolute atomic E-state index is 0. The number of halogens is 1. The van der Waals surface area contributed by atoms with Crippen LogP contribution in [0.2, 0.25) is 0 Å². The van der Waals surface area contributed by atoms with Gasteiger partial charge >= 0.3 is 0 Å². The average Bonchev–Trinajstić information content (AvgIpc) is 3.39. The van der Waals surface area contributed by atoms with E-state index in [1.807, 2.05) is 18.2 Å². The van der Waals surface area contributed by atoms with Crippen LogP contribution in [-0.4, -0.2) is 56.5 Å². The molecule has 3 heterocycles. The van der Waals surface area contributed by atoms with Crippen molar-refractivity contribution in [2.24, 2.45) is 5.92 Å². The molecular formula is C20H28ClN5O3. The molecule has 1 atom stereocenters. The summed E-state index contributed by atoms with van der Waals surface area (Å²) in [5.74, 6) is 1.86. The normalized spacial score (nSPS) is 18.0. The van der Waals surface area contributed by atoms with Crippen LogP contribution in [0, 0.1) is 5.92 Å². The number of aromatic amines is 1. The first-order valence-corrected chi connectivity index (χ1v) is 9.71. The number of carbonyl (C=O) groups is 1. The third kappa shape index (κ3) is 4.59. The Labute approximate surface area is 176 Å². The lowest BCUT2D eigenvalue weighted by Crippen LogP contribution is -2.32. The number of benzene rings is 1. The SMILES string of the molecule is COc1cc(OC)cc(N2CCC(CNC(=O)c3n[nH]c4c3CNCC4)C2)c1.Cl. The first-order chi connectivity index (χ1) is 13.7. The summed E-state index contributed by atoms with van der Waals surface area (Å²) in [7, 11) is 3.31. The van der Waals surface area contributed by atoms with Crippen molar-refractivity contribution in [3.8, 4) is 11.5 Å². The molecule has 1 aromatic heterocycles. The van der Waals surface area contributed by atoms with E-state index in [1.165, 1.54) is 0 Å². The number of nitrogens with zero attached hydrogens (tertiary/aromatic N) is 2. The Bertz CT molecular complexity index is 834. The second-order valence-electron chi connectivity index (χ2n) is 7.34. The molecule has 0 radical (unpaired) electrons. The number of fused-ring (bicyclic) bond motifs is 1. The monoisotopic (exact) mass is 421 g/mol. The molecule has 1 fully saturated rings. The van der Waals surface area contributed by atoms with Crippen molar-refractivity contribution in [2.75, 3.05) is 45.3 Å². The quantitative estimate of drug-likeness (QED) is 0.658. The number of hydrogen-bond donors (Lipinski definition) is 3. The van der Waals surface area contributed by atoms with Crippen LogP contribution in [0.4, 0.5) is 5.69 Å². The van der Waals surface area contributed by atoms with Crippen LogP contribution >= 0.6 is 12.4 Å². The minimum Gasteiger partial charge on any atom is -0.497 e. The largest absolute Gasteiger partial charge is 0.497 e. The minimum atomic E-state index is -0.0947. The maximum absolute atomic E-state index is 12.6. The van der Waals surface area contributed by atoms with Gasteiger partial charge in [0.2, 0.25) is 0 Å². The second kappa shape index (κ2) is 9.37. The fraction of sp³-hybridized carbons (Fsp3) is 0.500. The molecular weight excluding hydrogens is 394 g/mol. The number of nitrogens with one attached hydrogen (secondary N) is 3. The average molecular weight is 422 g/mol. The predicted octanol–water partition coefficient (Wildman–Crippen LogP) is 1.75. The molecule has 1 saturated heterocycles. The molecule has 4 rings (SSSR count). The van der Waals surface area contributed by atoms with E-state index >= 15 is 0 Å². The van der Waals surface area contributed by atoms with Crippen LogP contribution in [0.5, 0.6) is 11.5 Å². The van der Waals surface area contributed by atoms with E-state index in [4.69, 9.17) is 9.47 Å². The van der Waals surface area contributed by atoms with Crippen LogP contribution in [0.25, 0.3) is 0 Å². The highest BCUT2D eigenvalue weighted by atomic mass is 35.5. The molecule has 2 aromatic rings. The lowest BCUT2D eigenvalue weighted by Gasteiger charge is -2.20. The van der Waals surface area contributed by atoms with Crippen LogP contribution in [0.1, 0.15) is 28.2 Å². The third-order valence-corrected chi connectivity index (χ3v) is 5.56. The molecule has 9 heteroatoms. The molecule has 1 amide bonds. The number of methoxy groups -OCH3 is 2. The zero-order chi connectivity index (χ0) is 19.5. The molecule has 0 aliphatic carbocycles. The molecule has 2 aliphatic heterocycles. The van der Waals surface area contributed by atoms with Gasteiger partial charge in [-0.3, -0.25) is 9.89 Å². The van der Waals surface area contributed by atoms with Gasteiger partial charge in [0.05, 0.1) is 14.2 Å².